The Labute approximate surface area is 101 Å². The van der Waals surface area contributed by atoms with Crippen molar-refractivity contribution in [3.05, 3.63) is 29.8 Å². The fourth-order valence-corrected chi connectivity index (χ4v) is 2.15. The molecule has 2 rings (SSSR count). The van der Waals surface area contributed by atoms with Crippen LogP contribution in [0.3, 0.4) is 0 Å². The predicted octanol–water partition coefficient (Wildman–Crippen LogP) is 2.09. The molecule has 1 atom stereocenters. The fourth-order valence-electron chi connectivity index (χ4n) is 2.15. The third-order valence-electron chi connectivity index (χ3n) is 2.98. The normalized spacial score (nSPS) is 20.2. The van der Waals surface area contributed by atoms with Gasteiger partial charge in [-0.1, -0.05) is 12.1 Å². The zero-order chi connectivity index (χ0) is 12.3. The molecule has 1 aliphatic rings. The van der Waals surface area contributed by atoms with Gasteiger partial charge in [0.2, 0.25) is 0 Å². The summed E-state index contributed by atoms with van der Waals surface area (Å²) >= 11 is 0. The number of amides is 1. The van der Waals surface area contributed by atoms with Crippen molar-refractivity contribution in [2.45, 2.75) is 25.8 Å². The second kappa shape index (κ2) is 5.19. The van der Waals surface area contributed by atoms with Crippen LogP contribution in [0.15, 0.2) is 24.3 Å². The lowest BCUT2D eigenvalue weighted by Gasteiger charge is -2.34. The van der Waals surface area contributed by atoms with Crippen molar-refractivity contribution in [1.29, 1.82) is 0 Å². The van der Waals surface area contributed by atoms with E-state index in [0.717, 1.165) is 17.7 Å². The van der Waals surface area contributed by atoms with E-state index in [-0.39, 0.29) is 18.7 Å². The van der Waals surface area contributed by atoms with Gasteiger partial charge < -0.3 is 9.84 Å². The molecule has 1 N–H and O–H groups in total. The van der Waals surface area contributed by atoms with Crippen molar-refractivity contribution in [2.24, 2.45) is 0 Å². The summed E-state index contributed by atoms with van der Waals surface area (Å²) in [5.74, 6) is 0. The number of cyclic esters (lactones) is 1. The second-order valence-corrected chi connectivity index (χ2v) is 4.28. The number of aliphatic hydroxyl groups is 1. The van der Waals surface area contributed by atoms with Crippen LogP contribution in [0.4, 0.5) is 10.5 Å². The quantitative estimate of drug-likeness (QED) is 0.872. The largest absolute Gasteiger partial charge is 0.449 e. The number of benzene rings is 1. The van der Waals surface area contributed by atoms with Crippen LogP contribution in [-0.2, 0) is 4.74 Å². The van der Waals surface area contributed by atoms with Gasteiger partial charge in [0.05, 0.1) is 6.61 Å². The molecule has 0 aromatic heterocycles. The molecule has 4 nitrogen and oxygen atoms in total. The van der Waals surface area contributed by atoms with Gasteiger partial charge in [-0.15, -0.1) is 0 Å². The van der Waals surface area contributed by atoms with Crippen LogP contribution in [0.5, 0.6) is 0 Å². The summed E-state index contributed by atoms with van der Waals surface area (Å²) < 4.78 is 5.07. The van der Waals surface area contributed by atoms with Crippen LogP contribution in [0.2, 0.25) is 0 Å². The number of carbonyl (C=O) groups excluding carboxylic acids is 1. The Hall–Kier alpha value is -1.55. The zero-order valence-corrected chi connectivity index (χ0v) is 9.93. The van der Waals surface area contributed by atoms with Crippen LogP contribution in [0.1, 0.15) is 18.4 Å². The van der Waals surface area contributed by atoms with Crippen molar-refractivity contribution in [3.8, 4) is 0 Å². The van der Waals surface area contributed by atoms with Crippen molar-refractivity contribution in [2.75, 3.05) is 18.1 Å². The molecule has 1 saturated heterocycles. The van der Waals surface area contributed by atoms with E-state index < -0.39 is 0 Å². The molecular weight excluding hydrogens is 218 g/mol. The highest BCUT2D eigenvalue weighted by Gasteiger charge is 2.30. The van der Waals surface area contributed by atoms with Crippen LogP contribution in [-0.4, -0.2) is 30.5 Å². The molecule has 0 radical (unpaired) electrons. The maximum Gasteiger partial charge on any atom is 0.414 e. The highest BCUT2D eigenvalue weighted by atomic mass is 16.6. The molecule has 1 amide bonds. The van der Waals surface area contributed by atoms with Crippen LogP contribution >= 0.6 is 0 Å². The Morgan fingerprint density at radius 3 is 3.06 bits per heavy atom. The number of hydrogen-bond acceptors (Lipinski definition) is 3. The first kappa shape index (κ1) is 11.9. The van der Waals surface area contributed by atoms with Crippen LogP contribution in [0, 0.1) is 6.92 Å². The lowest BCUT2D eigenvalue weighted by Crippen LogP contribution is -2.46. The first-order valence-electron chi connectivity index (χ1n) is 5.86. The number of aryl methyl sites for hydroxylation is 1. The number of carbonyl (C=O) groups is 1. The summed E-state index contributed by atoms with van der Waals surface area (Å²) in [7, 11) is 0. The Morgan fingerprint density at radius 1 is 1.53 bits per heavy atom. The van der Waals surface area contributed by atoms with E-state index >= 15 is 0 Å². The average molecular weight is 235 g/mol. The molecule has 1 aromatic carbocycles. The maximum absolute atomic E-state index is 11.8. The lowest BCUT2D eigenvalue weighted by atomic mass is 10.1. The summed E-state index contributed by atoms with van der Waals surface area (Å²) in [6.07, 6.45) is 1.03. The number of nitrogens with zero attached hydrogens (tertiary/aromatic N) is 1. The minimum absolute atomic E-state index is 0.0306. The highest BCUT2D eigenvalue weighted by Crippen LogP contribution is 2.25. The molecular formula is C13H17NO3. The summed E-state index contributed by atoms with van der Waals surface area (Å²) in [5, 5.41) is 9.05. The smallest absolute Gasteiger partial charge is 0.414 e. The number of ether oxygens (including phenoxy) is 1. The standard InChI is InChI=1S/C13H17NO3/c1-10-3-2-4-12(9-10)14-11(5-7-15)6-8-17-13(14)16/h2-4,9,11,15H,5-8H2,1H3. The molecule has 1 fully saturated rings. The Morgan fingerprint density at radius 2 is 2.35 bits per heavy atom. The SMILES string of the molecule is Cc1cccc(N2C(=O)OCCC2CCO)c1. The van der Waals surface area contributed by atoms with Crippen molar-refractivity contribution in [1.82, 2.24) is 0 Å². The molecule has 92 valence electrons. The fraction of sp³-hybridized carbons (Fsp3) is 0.462. The summed E-state index contributed by atoms with van der Waals surface area (Å²) in [4.78, 5) is 13.5. The summed E-state index contributed by atoms with van der Waals surface area (Å²) in [6, 6.07) is 7.78. The zero-order valence-electron chi connectivity index (χ0n) is 9.93. The molecule has 17 heavy (non-hydrogen) atoms. The third-order valence-corrected chi connectivity index (χ3v) is 2.98. The monoisotopic (exact) mass is 235 g/mol. The van der Waals surface area contributed by atoms with Crippen molar-refractivity contribution in [3.63, 3.8) is 0 Å². The first-order chi connectivity index (χ1) is 8.22. The van der Waals surface area contributed by atoms with Crippen LogP contribution in [0.25, 0.3) is 0 Å². The maximum atomic E-state index is 11.8. The summed E-state index contributed by atoms with van der Waals surface area (Å²) in [6.45, 7) is 2.51. The Balaban J connectivity index is 2.27. The lowest BCUT2D eigenvalue weighted by molar-refractivity contribution is 0.124. The Kier molecular flexibility index (Phi) is 3.64. The van der Waals surface area contributed by atoms with E-state index in [0.29, 0.717) is 13.0 Å². The van der Waals surface area contributed by atoms with Gasteiger partial charge in [-0.25, -0.2) is 4.79 Å². The van der Waals surface area contributed by atoms with E-state index in [1.807, 2.05) is 31.2 Å². The minimum Gasteiger partial charge on any atom is -0.449 e. The molecule has 1 aromatic rings. The van der Waals surface area contributed by atoms with Gasteiger partial charge in [0.25, 0.3) is 0 Å². The van der Waals surface area contributed by atoms with Gasteiger partial charge in [-0.3, -0.25) is 4.90 Å². The number of aliphatic hydroxyl groups excluding tert-OH is 1. The topological polar surface area (TPSA) is 49.8 Å². The molecule has 1 aliphatic heterocycles. The van der Waals surface area contributed by atoms with E-state index in [1.165, 1.54) is 0 Å². The molecule has 1 unspecified atom stereocenters. The van der Waals surface area contributed by atoms with Gasteiger partial charge in [0, 0.05) is 24.8 Å². The highest BCUT2D eigenvalue weighted by molar-refractivity contribution is 5.89. The molecule has 0 saturated carbocycles. The van der Waals surface area contributed by atoms with Gasteiger partial charge in [0.1, 0.15) is 0 Å². The average Bonchev–Trinajstić information content (AvgIpc) is 2.29. The third kappa shape index (κ3) is 2.58. The first-order valence-corrected chi connectivity index (χ1v) is 5.86. The Bertz CT molecular complexity index is 403. The van der Waals surface area contributed by atoms with Crippen molar-refractivity contribution >= 4 is 11.8 Å². The molecule has 0 bridgehead atoms. The van der Waals surface area contributed by atoms with Crippen molar-refractivity contribution < 1.29 is 14.6 Å². The van der Waals surface area contributed by atoms with Gasteiger partial charge in [0.15, 0.2) is 0 Å². The predicted molar refractivity (Wildman–Crippen MR) is 65.1 cm³/mol. The molecule has 1 heterocycles. The van der Waals surface area contributed by atoms with E-state index in [9.17, 15) is 4.79 Å². The second-order valence-electron chi connectivity index (χ2n) is 4.28. The molecule has 0 spiro atoms. The van der Waals surface area contributed by atoms with Gasteiger partial charge in [-0.05, 0) is 31.0 Å². The van der Waals surface area contributed by atoms with Gasteiger partial charge in [-0.2, -0.15) is 0 Å². The van der Waals surface area contributed by atoms with Crippen LogP contribution < -0.4 is 4.90 Å². The number of hydrogen-bond donors (Lipinski definition) is 1. The molecule has 0 aliphatic carbocycles. The van der Waals surface area contributed by atoms with E-state index in [4.69, 9.17) is 9.84 Å². The number of rotatable bonds is 3. The summed E-state index contributed by atoms with van der Waals surface area (Å²) in [5.41, 5.74) is 1.94. The molecule has 4 heteroatoms. The minimum atomic E-state index is -0.319. The van der Waals surface area contributed by atoms with E-state index in [2.05, 4.69) is 0 Å². The van der Waals surface area contributed by atoms with Gasteiger partial charge >= 0.3 is 6.09 Å². The van der Waals surface area contributed by atoms with E-state index in [1.54, 1.807) is 4.90 Å². The number of anilines is 1.